The van der Waals surface area contributed by atoms with Crippen molar-refractivity contribution in [2.24, 2.45) is 11.3 Å². The summed E-state index contributed by atoms with van der Waals surface area (Å²) < 4.78 is 50.2. The van der Waals surface area contributed by atoms with Crippen LogP contribution in [0.4, 0.5) is 15.8 Å². The van der Waals surface area contributed by atoms with Gasteiger partial charge < -0.3 is 35.2 Å². The topological polar surface area (TPSA) is 171 Å². The Morgan fingerprint density at radius 2 is 1.91 bits per heavy atom. The summed E-state index contributed by atoms with van der Waals surface area (Å²) in [7, 11) is -1.29. The van der Waals surface area contributed by atoms with Gasteiger partial charge >= 0.3 is 0 Å². The highest BCUT2D eigenvalue weighted by atomic mass is 35.5. The van der Waals surface area contributed by atoms with Gasteiger partial charge in [-0.05, 0) is 84.5 Å². The number of nitrogens with one attached hydrogen (secondary N) is 4. The van der Waals surface area contributed by atoms with E-state index in [0.717, 1.165) is 18.4 Å². The third-order valence-corrected chi connectivity index (χ3v) is 14.4. The smallest absolute Gasteiger partial charge is 0.255 e. The van der Waals surface area contributed by atoms with Crippen molar-refractivity contribution in [3.8, 4) is 23.5 Å². The summed E-state index contributed by atoms with van der Waals surface area (Å²) in [5, 5.41) is 12.2. The molecule has 6 atom stereocenters. The Labute approximate surface area is 404 Å². The SMILES string of the molecule is [2H]C([2H])([2H])Oc1cc2c(cn1)[C@@]1(CN2)[C@H](CC(C)(C)C)N[C@@H](C(=O)Nc2ccc(C(=O)N3CCC[C@@H](CC#Cc4cccc5c4CN([C@@H]4CCC(=O)NC4=O)C5=O)C3)cc2OC)[C@@H]1c1cccc(Cl)c1F. The number of pyridine rings is 1. The lowest BCUT2D eigenvalue weighted by Crippen LogP contribution is -2.52. The second kappa shape index (κ2) is 18.5. The summed E-state index contributed by atoms with van der Waals surface area (Å²) in [6.07, 6.45) is 4.69. The minimum atomic E-state index is -2.73. The van der Waals surface area contributed by atoms with Crippen molar-refractivity contribution in [2.45, 2.75) is 95.3 Å². The van der Waals surface area contributed by atoms with Gasteiger partial charge in [0.25, 0.3) is 11.8 Å². The highest BCUT2D eigenvalue weighted by molar-refractivity contribution is 6.30. The Kier molecular flexibility index (Phi) is 11.7. The molecule has 5 aliphatic heterocycles. The fourth-order valence-electron chi connectivity index (χ4n) is 10.9. The molecule has 3 aromatic carbocycles. The number of carbonyl (C=O) groups excluding carboxylic acids is 5. The standard InChI is InChI=1S/C52H55ClFN7O7/c1-51(2,3)24-41-52(28-56-38-23-43(68-5)55-25-35(38)52)44(33-15-8-16-36(53)45(33)54)46(58-41)48(64)57-37-18-17-31(22-40(37)67-4)49(65)60-21-9-11-29(26-60)10-6-12-30-13-7-14-32-34(30)27-61(50(32)66)39-19-20-42(62)59-47(39)63/h7-8,13-18,22-23,25,29,39,41,44,46,56,58H,9-11,19-21,24,26-28H2,1-5H3,(H,57,64)(H,59,62,63)/t29-,39-,41+,44+,46-,52+/m1/s1/i5D3. The van der Waals surface area contributed by atoms with E-state index >= 15 is 4.39 Å². The summed E-state index contributed by atoms with van der Waals surface area (Å²) in [4.78, 5) is 74.3. The highest BCUT2D eigenvalue weighted by Crippen LogP contribution is 2.56. The minimum absolute atomic E-state index is 0.0861. The van der Waals surface area contributed by atoms with Crippen molar-refractivity contribution in [1.82, 2.24) is 25.4 Å². The maximum atomic E-state index is 16.4. The van der Waals surface area contributed by atoms with Gasteiger partial charge in [-0.1, -0.05) is 62.4 Å². The molecule has 354 valence electrons. The molecule has 3 saturated heterocycles. The van der Waals surface area contributed by atoms with Crippen LogP contribution in [0.3, 0.4) is 0 Å². The van der Waals surface area contributed by atoms with Gasteiger partial charge in [0.2, 0.25) is 23.6 Å². The van der Waals surface area contributed by atoms with Gasteiger partial charge in [-0.15, -0.1) is 0 Å². The Bertz CT molecular complexity index is 2900. The average Bonchev–Trinajstić information content (AvgIpc) is 3.97. The molecule has 5 aliphatic rings. The molecule has 4 N–H and O–H groups in total. The number of benzene rings is 3. The number of rotatable bonds is 9. The van der Waals surface area contributed by atoms with Crippen molar-refractivity contribution in [3.05, 3.63) is 111 Å². The van der Waals surface area contributed by atoms with Crippen LogP contribution in [-0.2, 0) is 26.3 Å². The van der Waals surface area contributed by atoms with E-state index in [2.05, 4.69) is 58.9 Å². The quantitative estimate of drug-likeness (QED) is 0.103. The number of methoxy groups -OCH3 is 2. The van der Waals surface area contributed by atoms with Gasteiger partial charge in [0.05, 0.1) is 35.0 Å². The van der Waals surface area contributed by atoms with E-state index < -0.39 is 54.1 Å². The zero-order valence-corrected chi connectivity index (χ0v) is 39.0. The number of carbonyl (C=O) groups is 5. The molecule has 3 fully saturated rings. The monoisotopic (exact) mass is 946 g/mol. The molecule has 1 spiro atoms. The van der Waals surface area contributed by atoms with Crippen molar-refractivity contribution in [2.75, 3.05) is 44.4 Å². The molecule has 9 rings (SSSR count). The van der Waals surface area contributed by atoms with Gasteiger partial charge in [0.1, 0.15) is 17.6 Å². The van der Waals surface area contributed by atoms with Crippen LogP contribution in [0.2, 0.25) is 5.02 Å². The number of nitrogens with zero attached hydrogens (tertiary/aromatic N) is 3. The molecule has 68 heavy (non-hydrogen) atoms. The van der Waals surface area contributed by atoms with E-state index in [1.54, 1.807) is 53.6 Å². The van der Waals surface area contributed by atoms with E-state index in [4.69, 9.17) is 25.2 Å². The van der Waals surface area contributed by atoms with E-state index in [0.29, 0.717) is 59.6 Å². The lowest BCUT2D eigenvalue weighted by atomic mass is 9.63. The zero-order chi connectivity index (χ0) is 50.6. The van der Waals surface area contributed by atoms with Gasteiger partial charge in [0, 0.05) is 96.6 Å². The summed E-state index contributed by atoms with van der Waals surface area (Å²) in [5.74, 6) is 3.48. The second-order valence-electron chi connectivity index (χ2n) is 19.5. The first kappa shape index (κ1) is 42.8. The molecule has 5 amide bonds. The van der Waals surface area contributed by atoms with Crippen LogP contribution in [0.25, 0.3) is 0 Å². The third kappa shape index (κ3) is 8.64. The number of fused-ring (bicyclic) bond motifs is 3. The van der Waals surface area contributed by atoms with Crippen molar-refractivity contribution < 1.29 is 41.9 Å². The van der Waals surface area contributed by atoms with Crippen LogP contribution < -0.4 is 30.7 Å². The molecule has 0 saturated carbocycles. The molecule has 0 aliphatic carbocycles. The van der Waals surface area contributed by atoms with Gasteiger partial charge in [-0.3, -0.25) is 29.3 Å². The minimum Gasteiger partial charge on any atom is -0.495 e. The van der Waals surface area contributed by atoms with Crippen molar-refractivity contribution >= 4 is 52.5 Å². The number of ether oxygens (including phenoxy) is 2. The maximum Gasteiger partial charge on any atom is 0.255 e. The third-order valence-electron chi connectivity index (χ3n) is 14.1. The van der Waals surface area contributed by atoms with Crippen LogP contribution in [0, 0.1) is 29.0 Å². The number of imide groups is 1. The number of likely N-dealkylation sites (tertiary alicyclic amines) is 1. The number of halogens is 2. The second-order valence-corrected chi connectivity index (χ2v) is 20.0. The first-order valence-electron chi connectivity index (χ1n) is 24.4. The molecular formula is C52H55ClFN7O7. The Morgan fingerprint density at radius 1 is 1.09 bits per heavy atom. The van der Waals surface area contributed by atoms with E-state index in [-0.39, 0.29) is 77.2 Å². The summed E-state index contributed by atoms with van der Waals surface area (Å²) in [6.45, 7) is 7.73. The normalized spacial score (nSPS) is 25.0. The predicted molar refractivity (Wildman–Crippen MR) is 254 cm³/mol. The van der Waals surface area contributed by atoms with Crippen LogP contribution in [0.15, 0.2) is 66.9 Å². The fraction of sp³-hybridized carbons (Fsp3) is 0.423. The van der Waals surface area contributed by atoms with Crippen molar-refractivity contribution in [1.29, 1.82) is 0 Å². The molecule has 16 heteroatoms. The van der Waals surface area contributed by atoms with Crippen LogP contribution in [0.1, 0.15) is 112 Å². The van der Waals surface area contributed by atoms with Crippen LogP contribution >= 0.6 is 11.6 Å². The van der Waals surface area contributed by atoms with E-state index in [9.17, 15) is 24.0 Å². The molecule has 0 unspecified atom stereocenters. The average molecular weight is 948 g/mol. The lowest BCUT2D eigenvalue weighted by molar-refractivity contribution is -0.137. The summed E-state index contributed by atoms with van der Waals surface area (Å²) in [5.41, 5.74) is 2.80. The van der Waals surface area contributed by atoms with Crippen molar-refractivity contribution in [3.63, 3.8) is 0 Å². The van der Waals surface area contributed by atoms with E-state index in [1.165, 1.54) is 24.1 Å². The number of hydrogen-bond acceptors (Lipinski definition) is 10. The summed E-state index contributed by atoms with van der Waals surface area (Å²) in [6, 6.07) is 14.3. The van der Waals surface area contributed by atoms with Gasteiger partial charge in [-0.25, -0.2) is 9.37 Å². The molecule has 0 radical (unpaired) electrons. The molecule has 6 heterocycles. The van der Waals surface area contributed by atoms with E-state index in [1.807, 2.05) is 6.07 Å². The first-order chi connectivity index (χ1) is 33.7. The number of aromatic nitrogens is 1. The molecule has 0 bridgehead atoms. The number of anilines is 2. The molecule has 1 aromatic heterocycles. The number of piperidine rings is 2. The first-order valence-corrected chi connectivity index (χ1v) is 23.3. The Morgan fingerprint density at radius 3 is 2.69 bits per heavy atom. The Hall–Kier alpha value is -6.50. The molecule has 4 aromatic rings. The predicted octanol–water partition coefficient (Wildman–Crippen LogP) is 6.81. The Balaban J connectivity index is 0.922. The summed E-state index contributed by atoms with van der Waals surface area (Å²) >= 11 is 6.44. The maximum absolute atomic E-state index is 16.4. The number of amides is 5. The molecular weight excluding hydrogens is 889 g/mol. The van der Waals surface area contributed by atoms with Gasteiger partial charge in [-0.2, -0.15) is 0 Å². The zero-order valence-electron chi connectivity index (χ0n) is 41.3. The van der Waals surface area contributed by atoms with Gasteiger partial charge in [0.15, 0.2) is 0 Å². The number of hydrogen-bond donors (Lipinski definition) is 4. The fourth-order valence-corrected chi connectivity index (χ4v) is 11.1. The van der Waals surface area contributed by atoms with Crippen LogP contribution in [-0.4, -0.2) is 96.2 Å². The largest absolute Gasteiger partial charge is 0.495 e. The molecule has 14 nitrogen and oxygen atoms in total. The highest BCUT2D eigenvalue weighted by Gasteiger charge is 2.62. The van der Waals surface area contributed by atoms with Crippen LogP contribution in [0.5, 0.6) is 11.6 Å². The lowest BCUT2D eigenvalue weighted by Gasteiger charge is -2.39.